The Balaban J connectivity index is 0.00000200. The molecular formula is C14H19ClN4O. The lowest BCUT2D eigenvalue weighted by Crippen LogP contribution is -2.30. The molecule has 0 radical (unpaired) electrons. The fourth-order valence-corrected chi connectivity index (χ4v) is 1.87. The van der Waals surface area contributed by atoms with Gasteiger partial charge < -0.3 is 11.1 Å². The minimum atomic E-state index is -0.321. The molecule has 0 aliphatic heterocycles. The van der Waals surface area contributed by atoms with E-state index in [1.54, 1.807) is 24.1 Å². The maximum atomic E-state index is 12.1. The number of halogens is 1. The second kappa shape index (κ2) is 7.07. The van der Waals surface area contributed by atoms with Crippen LogP contribution in [0.2, 0.25) is 0 Å². The van der Waals surface area contributed by atoms with Gasteiger partial charge in [-0.2, -0.15) is 5.10 Å². The molecule has 1 aromatic carbocycles. The standard InChI is InChI=1S/C14H18N4O.ClH/c1-10(13(15)11-6-4-3-5-7-11)14(19)17-12-8-16-18(2)9-12;/h3-10,13H,15H2,1-2H3,(H,17,19);1H. The molecule has 1 heterocycles. The molecule has 0 aliphatic carbocycles. The molecule has 5 nitrogen and oxygen atoms in total. The van der Waals surface area contributed by atoms with Crippen LogP contribution in [0.1, 0.15) is 18.5 Å². The zero-order valence-electron chi connectivity index (χ0n) is 11.5. The average molecular weight is 295 g/mol. The van der Waals surface area contributed by atoms with E-state index in [-0.39, 0.29) is 30.3 Å². The van der Waals surface area contributed by atoms with Gasteiger partial charge in [-0.15, -0.1) is 12.4 Å². The van der Waals surface area contributed by atoms with E-state index in [0.29, 0.717) is 5.69 Å². The van der Waals surface area contributed by atoms with Crippen molar-refractivity contribution in [2.24, 2.45) is 18.7 Å². The first kappa shape index (κ1) is 16.2. The molecule has 2 rings (SSSR count). The van der Waals surface area contributed by atoms with Gasteiger partial charge in [-0.1, -0.05) is 37.3 Å². The van der Waals surface area contributed by atoms with Crippen molar-refractivity contribution in [1.82, 2.24) is 9.78 Å². The molecule has 0 fully saturated rings. The van der Waals surface area contributed by atoms with Crippen LogP contribution in [0.3, 0.4) is 0 Å². The Morgan fingerprint density at radius 3 is 2.55 bits per heavy atom. The van der Waals surface area contributed by atoms with Crippen LogP contribution >= 0.6 is 12.4 Å². The molecule has 2 aromatic rings. The van der Waals surface area contributed by atoms with Crippen molar-refractivity contribution in [3.8, 4) is 0 Å². The third-order valence-electron chi connectivity index (χ3n) is 3.11. The summed E-state index contributed by atoms with van der Waals surface area (Å²) in [5.74, 6) is -0.424. The Morgan fingerprint density at radius 1 is 1.35 bits per heavy atom. The van der Waals surface area contributed by atoms with E-state index in [0.717, 1.165) is 5.56 Å². The summed E-state index contributed by atoms with van der Waals surface area (Å²) in [5.41, 5.74) is 7.75. The van der Waals surface area contributed by atoms with Gasteiger partial charge >= 0.3 is 0 Å². The third-order valence-corrected chi connectivity index (χ3v) is 3.11. The quantitative estimate of drug-likeness (QED) is 0.907. The van der Waals surface area contributed by atoms with Gasteiger partial charge in [0.25, 0.3) is 0 Å². The van der Waals surface area contributed by atoms with Crippen LogP contribution in [0.25, 0.3) is 0 Å². The van der Waals surface area contributed by atoms with Gasteiger partial charge in [-0.05, 0) is 5.56 Å². The summed E-state index contributed by atoms with van der Waals surface area (Å²) in [6.07, 6.45) is 3.36. The first-order valence-electron chi connectivity index (χ1n) is 6.18. The molecule has 6 heteroatoms. The largest absolute Gasteiger partial charge is 0.323 e. The number of benzene rings is 1. The van der Waals surface area contributed by atoms with Gasteiger partial charge in [0.15, 0.2) is 0 Å². The van der Waals surface area contributed by atoms with Crippen molar-refractivity contribution in [1.29, 1.82) is 0 Å². The Kier molecular flexibility index (Phi) is 5.73. The van der Waals surface area contributed by atoms with Crippen LogP contribution in [-0.2, 0) is 11.8 Å². The molecule has 2 atom stereocenters. The summed E-state index contributed by atoms with van der Waals surface area (Å²) in [5, 5.41) is 6.81. The number of carbonyl (C=O) groups is 1. The van der Waals surface area contributed by atoms with Crippen molar-refractivity contribution in [3.63, 3.8) is 0 Å². The Morgan fingerprint density at radius 2 is 2.00 bits per heavy atom. The zero-order chi connectivity index (χ0) is 13.8. The number of nitrogens with one attached hydrogen (secondary N) is 1. The maximum absolute atomic E-state index is 12.1. The van der Waals surface area contributed by atoms with Crippen LogP contribution in [0, 0.1) is 5.92 Å². The van der Waals surface area contributed by atoms with Gasteiger partial charge in [0.1, 0.15) is 0 Å². The number of nitrogens with two attached hydrogens (primary N) is 1. The maximum Gasteiger partial charge on any atom is 0.229 e. The van der Waals surface area contributed by atoms with Gasteiger partial charge in [0, 0.05) is 19.3 Å². The molecule has 3 N–H and O–H groups in total. The highest BCUT2D eigenvalue weighted by molar-refractivity contribution is 5.92. The lowest BCUT2D eigenvalue weighted by molar-refractivity contribution is -0.120. The Bertz CT molecular complexity index is 555. The molecular weight excluding hydrogens is 276 g/mol. The van der Waals surface area contributed by atoms with Crippen molar-refractivity contribution in [2.45, 2.75) is 13.0 Å². The molecule has 0 spiro atoms. The number of carbonyl (C=O) groups excluding carboxylic acids is 1. The van der Waals surface area contributed by atoms with E-state index in [1.165, 1.54) is 0 Å². The fourth-order valence-electron chi connectivity index (χ4n) is 1.87. The summed E-state index contributed by atoms with van der Waals surface area (Å²) in [6.45, 7) is 1.82. The van der Waals surface area contributed by atoms with Gasteiger partial charge in [0.2, 0.25) is 5.91 Å². The van der Waals surface area contributed by atoms with Gasteiger partial charge in [-0.25, -0.2) is 0 Å². The molecule has 0 saturated carbocycles. The number of aromatic nitrogens is 2. The molecule has 20 heavy (non-hydrogen) atoms. The molecule has 1 aromatic heterocycles. The number of nitrogens with zero attached hydrogens (tertiary/aromatic N) is 2. The predicted molar refractivity (Wildman–Crippen MR) is 81.6 cm³/mol. The number of anilines is 1. The summed E-state index contributed by atoms with van der Waals surface area (Å²) in [4.78, 5) is 12.1. The summed E-state index contributed by atoms with van der Waals surface area (Å²) < 4.78 is 1.64. The Hall–Kier alpha value is -1.85. The monoisotopic (exact) mass is 294 g/mol. The lowest BCUT2D eigenvalue weighted by atomic mass is 9.95. The van der Waals surface area contributed by atoms with Gasteiger partial charge in [-0.3, -0.25) is 9.48 Å². The molecule has 1 amide bonds. The summed E-state index contributed by atoms with van der Waals surface area (Å²) in [7, 11) is 1.80. The molecule has 0 aliphatic rings. The van der Waals surface area contributed by atoms with E-state index in [1.807, 2.05) is 37.3 Å². The van der Waals surface area contributed by atoms with E-state index in [9.17, 15) is 4.79 Å². The van der Waals surface area contributed by atoms with Crippen molar-refractivity contribution < 1.29 is 4.79 Å². The van der Waals surface area contributed by atoms with E-state index in [2.05, 4.69) is 10.4 Å². The second-order valence-corrected chi connectivity index (χ2v) is 4.62. The fraction of sp³-hybridized carbons (Fsp3) is 0.286. The average Bonchev–Trinajstić information content (AvgIpc) is 2.83. The highest BCUT2D eigenvalue weighted by Crippen LogP contribution is 2.20. The Labute approximate surface area is 124 Å². The van der Waals surface area contributed by atoms with Crippen molar-refractivity contribution in [2.75, 3.05) is 5.32 Å². The van der Waals surface area contributed by atoms with Crippen LogP contribution in [0.4, 0.5) is 5.69 Å². The van der Waals surface area contributed by atoms with Crippen LogP contribution in [0.15, 0.2) is 42.7 Å². The highest BCUT2D eigenvalue weighted by atomic mass is 35.5. The first-order valence-corrected chi connectivity index (χ1v) is 6.18. The van der Waals surface area contributed by atoms with Crippen molar-refractivity contribution >= 4 is 24.0 Å². The van der Waals surface area contributed by atoms with E-state index >= 15 is 0 Å². The van der Waals surface area contributed by atoms with E-state index in [4.69, 9.17) is 5.73 Å². The van der Waals surface area contributed by atoms with Crippen LogP contribution in [0.5, 0.6) is 0 Å². The number of aryl methyl sites for hydroxylation is 1. The van der Waals surface area contributed by atoms with Crippen LogP contribution < -0.4 is 11.1 Å². The number of hydrogen-bond acceptors (Lipinski definition) is 3. The minimum Gasteiger partial charge on any atom is -0.323 e. The zero-order valence-corrected chi connectivity index (χ0v) is 12.3. The van der Waals surface area contributed by atoms with Gasteiger partial charge in [0.05, 0.1) is 17.8 Å². The highest BCUT2D eigenvalue weighted by Gasteiger charge is 2.22. The topological polar surface area (TPSA) is 72.9 Å². The third kappa shape index (κ3) is 3.82. The molecule has 108 valence electrons. The number of hydrogen-bond donors (Lipinski definition) is 2. The predicted octanol–water partition coefficient (Wildman–Crippen LogP) is 2.12. The van der Waals surface area contributed by atoms with Crippen molar-refractivity contribution in [3.05, 3.63) is 48.3 Å². The second-order valence-electron chi connectivity index (χ2n) is 4.62. The first-order chi connectivity index (χ1) is 9.08. The molecule has 0 saturated heterocycles. The smallest absolute Gasteiger partial charge is 0.229 e. The van der Waals surface area contributed by atoms with Crippen LogP contribution in [-0.4, -0.2) is 15.7 Å². The number of rotatable bonds is 4. The summed E-state index contributed by atoms with van der Waals surface area (Å²) >= 11 is 0. The normalized spacial score (nSPS) is 13.2. The SMILES string of the molecule is CC(C(=O)Nc1cnn(C)c1)C(N)c1ccccc1.Cl. The molecule has 0 bridgehead atoms. The van der Waals surface area contributed by atoms with E-state index < -0.39 is 0 Å². The minimum absolute atomic E-state index is 0. The summed E-state index contributed by atoms with van der Waals surface area (Å²) in [6, 6.07) is 9.30. The number of amides is 1. The lowest BCUT2D eigenvalue weighted by Gasteiger charge is -2.19. The molecule has 2 unspecified atom stereocenters.